The Morgan fingerprint density at radius 1 is 1.48 bits per heavy atom. The molecule has 0 saturated carbocycles. The summed E-state index contributed by atoms with van der Waals surface area (Å²) >= 11 is 0. The lowest BCUT2D eigenvalue weighted by Crippen LogP contribution is -2.27. The minimum Gasteiger partial charge on any atom is -0.489 e. The van der Waals surface area contributed by atoms with E-state index >= 15 is 0 Å². The van der Waals surface area contributed by atoms with E-state index in [2.05, 4.69) is 11.9 Å². The molecule has 0 saturated heterocycles. The van der Waals surface area contributed by atoms with Crippen molar-refractivity contribution in [2.45, 2.75) is 26.4 Å². The Balaban J connectivity index is 2.98. The molecule has 0 heterocycles. The average molecular weight is 294 g/mol. The number of hydrogen-bond acceptors (Lipinski definition) is 5. The monoisotopic (exact) mass is 294 g/mol. The second-order valence-corrected chi connectivity index (χ2v) is 5.16. The van der Waals surface area contributed by atoms with Crippen LogP contribution in [0.1, 0.15) is 20.8 Å². The summed E-state index contributed by atoms with van der Waals surface area (Å²) in [4.78, 5) is 22.1. The molecule has 7 nitrogen and oxygen atoms in total. The van der Waals surface area contributed by atoms with Crippen molar-refractivity contribution in [3.8, 4) is 5.75 Å². The Morgan fingerprint density at radius 3 is 2.67 bits per heavy atom. The first-order chi connectivity index (χ1) is 9.73. The molecule has 0 aromatic heterocycles. The van der Waals surface area contributed by atoms with E-state index < -0.39 is 16.6 Å². The lowest BCUT2D eigenvalue weighted by Gasteiger charge is -2.19. The number of hydrogen-bond donors (Lipinski definition) is 1. The van der Waals surface area contributed by atoms with Crippen LogP contribution in [-0.2, 0) is 4.74 Å². The summed E-state index contributed by atoms with van der Waals surface area (Å²) in [6, 6.07) is 4.07. The molecule has 1 N–H and O–H groups in total. The number of carbonyl (C=O) groups is 1. The van der Waals surface area contributed by atoms with Gasteiger partial charge in [-0.15, -0.1) is 0 Å². The van der Waals surface area contributed by atoms with Gasteiger partial charge in [0.25, 0.3) is 5.69 Å². The molecule has 0 fully saturated rings. The summed E-state index contributed by atoms with van der Waals surface area (Å²) in [6.45, 7) is 8.86. The van der Waals surface area contributed by atoms with Crippen LogP contribution in [0.4, 0.5) is 16.2 Å². The summed E-state index contributed by atoms with van der Waals surface area (Å²) in [5.74, 6) is 0.381. The van der Waals surface area contributed by atoms with Gasteiger partial charge in [0, 0.05) is 12.1 Å². The van der Waals surface area contributed by atoms with Gasteiger partial charge in [0.1, 0.15) is 23.6 Å². The Bertz CT molecular complexity index is 549. The van der Waals surface area contributed by atoms with E-state index in [9.17, 15) is 14.9 Å². The van der Waals surface area contributed by atoms with Crippen molar-refractivity contribution in [2.24, 2.45) is 0 Å². The van der Waals surface area contributed by atoms with Crippen LogP contribution < -0.4 is 10.1 Å². The highest BCUT2D eigenvalue weighted by atomic mass is 16.6. The molecule has 0 unspecified atom stereocenters. The van der Waals surface area contributed by atoms with Crippen LogP contribution in [0, 0.1) is 10.1 Å². The fraction of sp³-hybridized carbons (Fsp3) is 0.357. The molecule has 0 spiro atoms. The number of nitro benzene ring substituents is 1. The van der Waals surface area contributed by atoms with Crippen LogP contribution in [-0.4, -0.2) is 23.2 Å². The number of rotatable bonds is 5. The zero-order valence-electron chi connectivity index (χ0n) is 12.2. The van der Waals surface area contributed by atoms with Crippen molar-refractivity contribution in [1.82, 2.24) is 0 Å². The number of carbonyl (C=O) groups excluding carboxylic acids is 1. The van der Waals surface area contributed by atoms with Crippen LogP contribution >= 0.6 is 0 Å². The molecule has 7 heteroatoms. The molecule has 0 aliphatic heterocycles. The minimum absolute atomic E-state index is 0.0100. The van der Waals surface area contributed by atoms with Crippen LogP contribution in [0.5, 0.6) is 5.75 Å². The van der Waals surface area contributed by atoms with E-state index in [4.69, 9.17) is 9.47 Å². The maximum absolute atomic E-state index is 11.7. The SMILES string of the molecule is C=CCOc1ccc([N+](=O)[O-])c(NC(=O)OC(C)(C)C)c1. The number of benzene rings is 1. The smallest absolute Gasteiger partial charge is 0.412 e. The van der Waals surface area contributed by atoms with Gasteiger partial charge in [-0.1, -0.05) is 12.7 Å². The molecule has 1 aromatic carbocycles. The first-order valence-corrected chi connectivity index (χ1v) is 6.25. The van der Waals surface area contributed by atoms with Crippen LogP contribution in [0.15, 0.2) is 30.9 Å². The molecule has 0 aliphatic rings. The van der Waals surface area contributed by atoms with E-state index in [-0.39, 0.29) is 18.0 Å². The Kier molecular flexibility index (Phi) is 5.29. The summed E-state index contributed by atoms with van der Waals surface area (Å²) in [6.07, 6.45) is 0.772. The van der Waals surface area contributed by atoms with Gasteiger partial charge >= 0.3 is 6.09 Å². The highest BCUT2D eigenvalue weighted by Crippen LogP contribution is 2.29. The Hall–Kier alpha value is -2.57. The number of nitro groups is 1. The van der Waals surface area contributed by atoms with Crippen LogP contribution in [0.25, 0.3) is 0 Å². The fourth-order valence-electron chi connectivity index (χ4n) is 1.43. The van der Waals surface area contributed by atoms with Crippen LogP contribution in [0.3, 0.4) is 0 Å². The predicted molar refractivity (Wildman–Crippen MR) is 78.6 cm³/mol. The molecule has 114 valence electrons. The molecule has 0 bridgehead atoms. The third kappa shape index (κ3) is 5.52. The quantitative estimate of drug-likeness (QED) is 0.510. The van der Waals surface area contributed by atoms with Gasteiger partial charge < -0.3 is 9.47 Å². The first-order valence-electron chi connectivity index (χ1n) is 6.25. The van der Waals surface area contributed by atoms with E-state index in [0.29, 0.717) is 5.75 Å². The van der Waals surface area contributed by atoms with Gasteiger partial charge in [-0.25, -0.2) is 4.79 Å². The topological polar surface area (TPSA) is 90.7 Å². The number of amides is 1. The Labute approximate surface area is 122 Å². The maximum atomic E-state index is 11.7. The molecule has 1 rings (SSSR count). The van der Waals surface area contributed by atoms with Crippen molar-refractivity contribution < 1.29 is 19.2 Å². The second kappa shape index (κ2) is 6.74. The van der Waals surface area contributed by atoms with Crippen molar-refractivity contribution in [1.29, 1.82) is 0 Å². The van der Waals surface area contributed by atoms with Gasteiger partial charge in [0.05, 0.1) is 4.92 Å². The molecule has 0 radical (unpaired) electrons. The van der Waals surface area contributed by atoms with E-state index in [1.54, 1.807) is 26.8 Å². The molecule has 21 heavy (non-hydrogen) atoms. The highest BCUT2D eigenvalue weighted by Gasteiger charge is 2.21. The summed E-state index contributed by atoms with van der Waals surface area (Å²) in [5, 5.41) is 13.3. The summed E-state index contributed by atoms with van der Waals surface area (Å²) in [7, 11) is 0. The molecule has 1 aromatic rings. The van der Waals surface area contributed by atoms with Gasteiger partial charge in [0.2, 0.25) is 0 Å². The third-order valence-corrected chi connectivity index (χ3v) is 2.17. The fourth-order valence-corrected chi connectivity index (χ4v) is 1.43. The Morgan fingerprint density at radius 2 is 2.14 bits per heavy atom. The number of nitrogens with one attached hydrogen (secondary N) is 1. The van der Waals surface area contributed by atoms with E-state index in [0.717, 1.165) is 0 Å². The number of nitrogens with zero attached hydrogens (tertiary/aromatic N) is 1. The average Bonchev–Trinajstić information content (AvgIpc) is 2.33. The van der Waals surface area contributed by atoms with Crippen molar-refractivity contribution in [2.75, 3.05) is 11.9 Å². The molecular weight excluding hydrogens is 276 g/mol. The lowest BCUT2D eigenvalue weighted by atomic mass is 10.2. The molecule has 1 amide bonds. The summed E-state index contributed by atoms with van der Waals surface area (Å²) < 4.78 is 10.3. The van der Waals surface area contributed by atoms with E-state index in [1.165, 1.54) is 18.2 Å². The number of anilines is 1. The van der Waals surface area contributed by atoms with Crippen LogP contribution in [0.2, 0.25) is 0 Å². The lowest BCUT2D eigenvalue weighted by molar-refractivity contribution is -0.383. The van der Waals surface area contributed by atoms with Gasteiger partial charge in [0.15, 0.2) is 0 Å². The normalized spacial score (nSPS) is 10.6. The summed E-state index contributed by atoms with van der Waals surface area (Å²) in [5.41, 5.74) is -0.932. The predicted octanol–water partition coefficient (Wildman–Crippen LogP) is 3.51. The van der Waals surface area contributed by atoms with Gasteiger partial charge in [-0.2, -0.15) is 0 Å². The third-order valence-electron chi connectivity index (χ3n) is 2.17. The number of ether oxygens (including phenoxy) is 2. The van der Waals surface area contributed by atoms with Gasteiger partial charge in [-0.05, 0) is 26.8 Å². The van der Waals surface area contributed by atoms with Crippen molar-refractivity contribution in [3.05, 3.63) is 41.0 Å². The van der Waals surface area contributed by atoms with Crippen molar-refractivity contribution in [3.63, 3.8) is 0 Å². The largest absolute Gasteiger partial charge is 0.489 e. The molecular formula is C14H18N2O5. The minimum atomic E-state index is -0.772. The first kappa shape index (κ1) is 16.5. The highest BCUT2D eigenvalue weighted by molar-refractivity contribution is 5.88. The zero-order chi connectivity index (χ0) is 16.0. The second-order valence-electron chi connectivity index (χ2n) is 5.16. The zero-order valence-corrected chi connectivity index (χ0v) is 12.2. The van der Waals surface area contributed by atoms with E-state index in [1.807, 2.05) is 0 Å². The standard InChI is InChI=1S/C14H18N2O5/c1-5-8-20-10-6-7-12(16(18)19)11(9-10)15-13(17)21-14(2,3)4/h5-7,9H,1,8H2,2-4H3,(H,15,17). The van der Waals surface area contributed by atoms with Crippen molar-refractivity contribution >= 4 is 17.5 Å². The molecule has 0 aliphatic carbocycles. The maximum Gasteiger partial charge on any atom is 0.412 e. The van der Waals surface area contributed by atoms with Gasteiger partial charge in [-0.3, -0.25) is 15.4 Å². The molecule has 0 atom stereocenters.